The number of methoxy groups -OCH3 is 1. The summed E-state index contributed by atoms with van der Waals surface area (Å²) in [5.74, 6) is 4.76. The summed E-state index contributed by atoms with van der Waals surface area (Å²) in [7, 11) is 1.63. The van der Waals surface area contributed by atoms with Crippen molar-refractivity contribution in [3.63, 3.8) is 0 Å². The van der Waals surface area contributed by atoms with E-state index in [4.69, 9.17) is 15.3 Å². The van der Waals surface area contributed by atoms with Gasteiger partial charge in [-0.05, 0) is 19.1 Å². The van der Waals surface area contributed by atoms with Crippen LogP contribution in [0.5, 0.6) is 0 Å². The molecule has 0 saturated heterocycles. The molecule has 0 aliphatic rings. The number of thiophene rings is 1. The van der Waals surface area contributed by atoms with Crippen molar-refractivity contribution in [2.45, 2.75) is 19.6 Å². The van der Waals surface area contributed by atoms with Crippen molar-refractivity contribution in [2.24, 2.45) is 5.84 Å². The smallest absolute Gasteiger partial charge is 0.275 e. The standard InChI is InChI=1S/C10H16N2O3S/c1-7(5-14-2)15-6-8-3-4-9(16-8)10(13)12-11/h3-4,7H,5-6,11H2,1-2H3,(H,12,13). The average Bonchev–Trinajstić information content (AvgIpc) is 2.74. The molecule has 0 aromatic carbocycles. The third-order valence-electron chi connectivity index (χ3n) is 1.93. The molecular weight excluding hydrogens is 228 g/mol. The van der Waals surface area contributed by atoms with E-state index in [1.54, 1.807) is 13.2 Å². The van der Waals surface area contributed by atoms with Crippen LogP contribution in [-0.4, -0.2) is 25.7 Å². The van der Waals surface area contributed by atoms with Crippen molar-refractivity contribution >= 4 is 17.2 Å². The van der Waals surface area contributed by atoms with Crippen molar-refractivity contribution in [1.29, 1.82) is 0 Å². The number of hydrazine groups is 1. The Bertz CT molecular complexity index is 341. The van der Waals surface area contributed by atoms with Gasteiger partial charge >= 0.3 is 0 Å². The number of nitrogens with two attached hydrogens (primary N) is 1. The molecule has 1 rings (SSSR count). The predicted octanol–water partition coefficient (Wildman–Crippen LogP) is 0.903. The second-order valence-corrected chi connectivity index (χ2v) is 4.48. The molecule has 6 heteroatoms. The van der Waals surface area contributed by atoms with Crippen LogP contribution >= 0.6 is 11.3 Å². The van der Waals surface area contributed by atoms with Crippen molar-refractivity contribution in [3.05, 3.63) is 21.9 Å². The number of rotatable bonds is 6. The van der Waals surface area contributed by atoms with Crippen LogP contribution in [0.25, 0.3) is 0 Å². The van der Waals surface area contributed by atoms with Crippen LogP contribution in [0, 0.1) is 0 Å². The van der Waals surface area contributed by atoms with E-state index >= 15 is 0 Å². The van der Waals surface area contributed by atoms with Gasteiger partial charge in [-0.3, -0.25) is 10.2 Å². The van der Waals surface area contributed by atoms with Gasteiger partial charge in [0.05, 0.1) is 24.2 Å². The van der Waals surface area contributed by atoms with Gasteiger partial charge in [-0.25, -0.2) is 5.84 Å². The molecule has 90 valence electrons. The van der Waals surface area contributed by atoms with Gasteiger partial charge in [0.25, 0.3) is 5.91 Å². The molecule has 0 aliphatic heterocycles. The van der Waals surface area contributed by atoms with Gasteiger partial charge in [0.1, 0.15) is 0 Å². The zero-order valence-corrected chi connectivity index (χ0v) is 10.2. The molecule has 0 radical (unpaired) electrons. The minimum absolute atomic E-state index is 0.0406. The highest BCUT2D eigenvalue weighted by Crippen LogP contribution is 2.17. The summed E-state index contributed by atoms with van der Waals surface area (Å²) < 4.78 is 10.5. The number of carbonyl (C=O) groups is 1. The highest BCUT2D eigenvalue weighted by molar-refractivity contribution is 7.14. The predicted molar refractivity (Wildman–Crippen MR) is 62.1 cm³/mol. The molecule has 1 aromatic heterocycles. The van der Waals surface area contributed by atoms with Gasteiger partial charge in [0.15, 0.2) is 0 Å². The van der Waals surface area contributed by atoms with Crippen LogP contribution < -0.4 is 11.3 Å². The molecule has 1 heterocycles. The Balaban J connectivity index is 2.43. The van der Waals surface area contributed by atoms with Crippen LogP contribution in [0.3, 0.4) is 0 Å². The third-order valence-corrected chi connectivity index (χ3v) is 2.99. The van der Waals surface area contributed by atoms with Crippen molar-refractivity contribution < 1.29 is 14.3 Å². The Morgan fingerprint density at radius 3 is 3.00 bits per heavy atom. The summed E-state index contributed by atoms with van der Waals surface area (Å²) in [4.78, 5) is 12.8. The Morgan fingerprint density at radius 2 is 2.38 bits per heavy atom. The van der Waals surface area contributed by atoms with Crippen molar-refractivity contribution in [2.75, 3.05) is 13.7 Å². The summed E-state index contributed by atoms with van der Waals surface area (Å²) >= 11 is 1.37. The fourth-order valence-corrected chi connectivity index (χ4v) is 1.99. The van der Waals surface area contributed by atoms with Crippen LogP contribution in [0.2, 0.25) is 0 Å². The normalized spacial score (nSPS) is 12.4. The first-order valence-corrected chi connectivity index (χ1v) is 5.69. The zero-order chi connectivity index (χ0) is 12.0. The number of hydrogen-bond acceptors (Lipinski definition) is 5. The Hall–Kier alpha value is -0.950. The molecule has 0 aliphatic carbocycles. The fraction of sp³-hybridized carbons (Fsp3) is 0.500. The summed E-state index contributed by atoms with van der Waals surface area (Å²) in [5, 5.41) is 0. The largest absolute Gasteiger partial charge is 0.382 e. The second-order valence-electron chi connectivity index (χ2n) is 3.32. The molecule has 5 nitrogen and oxygen atoms in total. The number of carbonyl (C=O) groups excluding carboxylic acids is 1. The molecule has 3 N–H and O–H groups in total. The Kier molecular flexibility index (Phi) is 5.41. The van der Waals surface area contributed by atoms with E-state index in [0.29, 0.717) is 18.1 Å². The van der Waals surface area contributed by atoms with E-state index in [1.807, 2.05) is 13.0 Å². The van der Waals surface area contributed by atoms with E-state index in [-0.39, 0.29) is 12.0 Å². The van der Waals surface area contributed by atoms with E-state index in [2.05, 4.69) is 5.43 Å². The van der Waals surface area contributed by atoms with Gasteiger partial charge in [-0.1, -0.05) is 0 Å². The highest BCUT2D eigenvalue weighted by atomic mass is 32.1. The topological polar surface area (TPSA) is 73.6 Å². The molecule has 0 fully saturated rings. The minimum Gasteiger partial charge on any atom is -0.382 e. The lowest BCUT2D eigenvalue weighted by atomic mass is 10.4. The molecule has 1 atom stereocenters. The lowest BCUT2D eigenvalue weighted by Gasteiger charge is -2.10. The third kappa shape index (κ3) is 3.90. The Labute approximate surface area is 98.5 Å². The van der Waals surface area contributed by atoms with E-state index in [1.165, 1.54) is 11.3 Å². The van der Waals surface area contributed by atoms with Gasteiger partial charge < -0.3 is 9.47 Å². The van der Waals surface area contributed by atoms with E-state index in [0.717, 1.165) is 4.88 Å². The maximum atomic E-state index is 11.2. The lowest BCUT2D eigenvalue weighted by Crippen LogP contribution is -2.29. The summed E-state index contributed by atoms with van der Waals surface area (Å²) in [6.07, 6.45) is 0.0406. The number of ether oxygens (including phenoxy) is 2. The lowest BCUT2D eigenvalue weighted by molar-refractivity contribution is 0.000928. The molecule has 1 aromatic rings. The first kappa shape index (κ1) is 13.1. The second kappa shape index (κ2) is 6.59. The van der Waals surface area contributed by atoms with Crippen LogP contribution in [0.1, 0.15) is 21.5 Å². The fourth-order valence-electron chi connectivity index (χ4n) is 1.16. The molecule has 0 bridgehead atoms. The zero-order valence-electron chi connectivity index (χ0n) is 9.36. The Morgan fingerprint density at radius 1 is 1.62 bits per heavy atom. The van der Waals surface area contributed by atoms with Crippen molar-refractivity contribution in [1.82, 2.24) is 5.43 Å². The molecule has 0 spiro atoms. The number of nitrogen functional groups attached to an aromatic ring is 1. The molecule has 1 amide bonds. The number of hydrogen-bond donors (Lipinski definition) is 2. The first-order chi connectivity index (χ1) is 7.67. The molecule has 0 saturated carbocycles. The van der Waals surface area contributed by atoms with E-state index in [9.17, 15) is 4.79 Å². The molecular formula is C10H16N2O3S. The summed E-state index contributed by atoms with van der Waals surface area (Å²) in [6, 6.07) is 3.58. The van der Waals surface area contributed by atoms with Gasteiger partial charge in [0.2, 0.25) is 0 Å². The minimum atomic E-state index is -0.277. The number of nitrogens with one attached hydrogen (secondary N) is 1. The van der Waals surface area contributed by atoms with Crippen LogP contribution in [0.4, 0.5) is 0 Å². The summed E-state index contributed by atoms with van der Waals surface area (Å²) in [5.41, 5.74) is 2.09. The molecule has 16 heavy (non-hydrogen) atoms. The number of amides is 1. The van der Waals surface area contributed by atoms with Crippen LogP contribution in [-0.2, 0) is 16.1 Å². The monoisotopic (exact) mass is 244 g/mol. The maximum absolute atomic E-state index is 11.2. The van der Waals surface area contributed by atoms with Gasteiger partial charge in [-0.2, -0.15) is 0 Å². The average molecular weight is 244 g/mol. The van der Waals surface area contributed by atoms with Crippen LogP contribution in [0.15, 0.2) is 12.1 Å². The van der Waals surface area contributed by atoms with Crippen molar-refractivity contribution in [3.8, 4) is 0 Å². The summed E-state index contributed by atoms with van der Waals surface area (Å²) in [6.45, 7) is 2.97. The SMILES string of the molecule is COCC(C)OCc1ccc(C(=O)NN)s1. The maximum Gasteiger partial charge on any atom is 0.275 e. The highest BCUT2D eigenvalue weighted by Gasteiger charge is 2.08. The van der Waals surface area contributed by atoms with E-state index < -0.39 is 0 Å². The quantitative estimate of drug-likeness (QED) is 0.443. The van der Waals surface area contributed by atoms with Gasteiger partial charge in [0, 0.05) is 12.0 Å². The van der Waals surface area contributed by atoms with Gasteiger partial charge in [-0.15, -0.1) is 11.3 Å². The molecule has 1 unspecified atom stereocenters. The first-order valence-electron chi connectivity index (χ1n) is 4.87.